The molecule has 0 atom stereocenters. The van der Waals surface area contributed by atoms with Gasteiger partial charge in [-0.1, -0.05) is 0 Å². The summed E-state index contributed by atoms with van der Waals surface area (Å²) in [5, 5.41) is 9.07. The third-order valence-corrected chi connectivity index (χ3v) is 5.06. The normalized spacial score (nSPS) is 14.2. The zero-order valence-corrected chi connectivity index (χ0v) is 14.6. The molecule has 0 amide bonds. The third-order valence-electron chi connectivity index (χ3n) is 5.06. The lowest BCUT2D eigenvalue weighted by Crippen LogP contribution is -2.26. The first kappa shape index (κ1) is 15.2. The molecule has 0 N–H and O–H groups in total. The van der Waals surface area contributed by atoms with Gasteiger partial charge in [0.05, 0.1) is 17.4 Å². The minimum atomic E-state index is -0.287. The van der Waals surface area contributed by atoms with Crippen molar-refractivity contribution in [1.82, 2.24) is 24.6 Å². The fourth-order valence-corrected chi connectivity index (χ4v) is 3.84. The summed E-state index contributed by atoms with van der Waals surface area (Å²) in [4.78, 5) is 11.2. The molecule has 0 unspecified atom stereocenters. The van der Waals surface area contributed by atoms with Crippen molar-refractivity contribution in [3.05, 3.63) is 53.4 Å². The number of pyridine rings is 1. The molecule has 0 saturated heterocycles. The Morgan fingerprint density at radius 1 is 1.12 bits per heavy atom. The molecule has 1 aliphatic heterocycles. The summed E-state index contributed by atoms with van der Waals surface area (Å²) in [5.74, 6) is 1.66. The van der Waals surface area contributed by atoms with Crippen LogP contribution in [0, 0.1) is 19.7 Å². The van der Waals surface area contributed by atoms with Gasteiger partial charge < -0.3 is 4.90 Å². The van der Waals surface area contributed by atoms with E-state index in [4.69, 9.17) is 4.98 Å². The first-order valence-electron chi connectivity index (χ1n) is 8.65. The quantitative estimate of drug-likeness (QED) is 0.527. The van der Waals surface area contributed by atoms with Gasteiger partial charge in [-0.15, -0.1) is 10.2 Å². The molecule has 1 aliphatic rings. The number of fused-ring (bicyclic) bond motifs is 4. The van der Waals surface area contributed by atoms with E-state index < -0.39 is 0 Å². The maximum absolute atomic E-state index is 14.1. The molecular formula is C19H17FN6. The van der Waals surface area contributed by atoms with E-state index in [9.17, 15) is 4.39 Å². The van der Waals surface area contributed by atoms with Crippen LogP contribution in [-0.2, 0) is 6.42 Å². The molecular weight excluding hydrogens is 331 g/mol. The average Bonchev–Trinajstić information content (AvgIpc) is 3.02. The Labute approximate surface area is 149 Å². The van der Waals surface area contributed by atoms with Gasteiger partial charge in [-0.3, -0.25) is 9.38 Å². The summed E-state index contributed by atoms with van der Waals surface area (Å²) in [7, 11) is 0. The fraction of sp³-hybridized carbons (Fsp3) is 0.263. The van der Waals surface area contributed by atoms with Gasteiger partial charge in [-0.05, 0) is 56.0 Å². The van der Waals surface area contributed by atoms with Crippen molar-refractivity contribution in [3.63, 3.8) is 0 Å². The predicted molar refractivity (Wildman–Crippen MR) is 97.3 cm³/mol. The number of hydrogen-bond acceptors (Lipinski definition) is 5. The predicted octanol–water partition coefficient (Wildman–Crippen LogP) is 3.51. The van der Waals surface area contributed by atoms with Crippen molar-refractivity contribution < 1.29 is 4.39 Å². The van der Waals surface area contributed by atoms with Crippen LogP contribution in [0.25, 0.3) is 16.7 Å². The van der Waals surface area contributed by atoms with E-state index in [2.05, 4.69) is 27.0 Å². The van der Waals surface area contributed by atoms with Gasteiger partial charge in [0.2, 0.25) is 0 Å². The highest BCUT2D eigenvalue weighted by Crippen LogP contribution is 2.37. The van der Waals surface area contributed by atoms with E-state index in [1.807, 2.05) is 23.7 Å². The van der Waals surface area contributed by atoms with Gasteiger partial charge in [0.1, 0.15) is 17.5 Å². The molecule has 0 spiro atoms. The van der Waals surface area contributed by atoms with Crippen molar-refractivity contribution in [1.29, 1.82) is 0 Å². The monoisotopic (exact) mass is 348 g/mol. The van der Waals surface area contributed by atoms with Gasteiger partial charge in [-0.25, -0.2) is 4.39 Å². The second-order valence-corrected chi connectivity index (χ2v) is 6.69. The van der Waals surface area contributed by atoms with Crippen molar-refractivity contribution in [2.24, 2.45) is 0 Å². The van der Waals surface area contributed by atoms with Gasteiger partial charge in [-0.2, -0.15) is 4.98 Å². The van der Waals surface area contributed by atoms with Gasteiger partial charge >= 0.3 is 0 Å². The lowest BCUT2D eigenvalue weighted by molar-refractivity contribution is 0.629. The van der Waals surface area contributed by atoms with Crippen molar-refractivity contribution in [3.8, 4) is 0 Å². The largest absolute Gasteiger partial charge is 0.324 e. The van der Waals surface area contributed by atoms with Crippen LogP contribution in [0.5, 0.6) is 0 Å². The zero-order chi connectivity index (χ0) is 17.8. The highest BCUT2D eigenvalue weighted by Gasteiger charge is 2.24. The molecule has 6 nitrogen and oxygen atoms in total. The van der Waals surface area contributed by atoms with Gasteiger partial charge in [0.25, 0.3) is 5.78 Å². The van der Waals surface area contributed by atoms with Crippen LogP contribution in [0.2, 0.25) is 0 Å². The molecule has 3 aromatic heterocycles. The Morgan fingerprint density at radius 3 is 2.88 bits per heavy atom. The molecule has 4 aromatic rings. The van der Waals surface area contributed by atoms with E-state index in [-0.39, 0.29) is 5.82 Å². The van der Waals surface area contributed by atoms with Gasteiger partial charge in [0, 0.05) is 18.1 Å². The maximum atomic E-state index is 14.1. The number of aryl methyl sites for hydroxylation is 2. The zero-order valence-electron chi connectivity index (χ0n) is 14.6. The fourth-order valence-electron chi connectivity index (χ4n) is 3.84. The molecule has 26 heavy (non-hydrogen) atoms. The van der Waals surface area contributed by atoms with E-state index in [1.165, 1.54) is 23.3 Å². The number of nitrogens with zero attached hydrogens (tertiary/aromatic N) is 6. The van der Waals surface area contributed by atoms with Crippen LogP contribution < -0.4 is 4.90 Å². The van der Waals surface area contributed by atoms with Crippen molar-refractivity contribution in [2.75, 3.05) is 11.4 Å². The highest BCUT2D eigenvalue weighted by molar-refractivity contribution is 5.94. The van der Waals surface area contributed by atoms with Gasteiger partial charge in [0.15, 0.2) is 0 Å². The first-order valence-corrected chi connectivity index (χ1v) is 8.65. The standard InChI is InChI=1S/C19H17FN6/c1-11-9-21-10-17-14(11)4-3-7-25(17)18-15-8-13(20)5-6-16(15)26-12(2)23-24-19(26)22-18/h5-6,8-10H,3-4,7H2,1-2H3. The summed E-state index contributed by atoms with van der Waals surface area (Å²) < 4.78 is 15.9. The van der Waals surface area contributed by atoms with Crippen molar-refractivity contribution >= 4 is 28.2 Å². The Balaban J connectivity index is 1.85. The Morgan fingerprint density at radius 2 is 2.00 bits per heavy atom. The summed E-state index contributed by atoms with van der Waals surface area (Å²) in [6, 6.07) is 4.76. The minimum Gasteiger partial charge on any atom is -0.324 e. The number of hydrogen-bond donors (Lipinski definition) is 0. The third kappa shape index (κ3) is 2.09. The topological polar surface area (TPSA) is 59.2 Å². The van der Waals surface area contributed by atoms with Crippen LogP contribution in [0.4, 0.5) is 15.9 Å². The van der Waals surface area contributed by atoms with Crippen LogP contribution in [0.3, 0.4) is 0 Å². The van der Waals surface area contributed by atoms with E-state index in [0.717, 1.165) is 41.8 Å². The van der Waals surface area contributed by atoms with Crippen LogP contribution in [0.1, 0.15) is 23.4 Å². The van der Waals surface area contributed by atoms with Crippen LogP contribution >= 0.6 is 0 Å². The maximum Gasteiger partial charge on any atom is 0.257 e. The molecule has 1 aromatic carbocycles. The number of rotatable bonds is 1. The molecule has 5 rings (SSSR count). The number of halogens is 1. The lowest BCUT2D eigenvalue weighted by atomic mass is 9.99. The Hall–Kier alpha value is -3.09. The molecule has 0 bridgehead atoms. The van der Waals surface area contributed by atoms with E-state index in [1.54, 1.807) is 6.07 Å². The molecule has 0 saturated carbocycles. The summed E-state index contributed by atoms with van der Waals surface area (Å²) in [6.07, 6.45) is 5.78. The summed E-state index contributed by atoms with van der Waals surface area (Å²) >= 11 is 0. The molecule has 0 fully saturated rings. The number of anilines is 2. The second-order valence-electron chi connectivity index (χ2n) is 6.69. The molecule has 7 heteroatoms. The summed E-state index contributed by atoms with van der Waals surface area (Å²) in [6.45, 7) is 4.75. The molecule has 4 heterocycles. The molecule has 130 valence electrons. The minimum absolute atomic E-state index is 0.287. The van der Waals surface area contributed by atoms with Crippen LogP contribution in [0.15, 0.2) is 30.6 Å². The van der Waals surface area contributed by atoms with E-state index in [0.29, 0.717) is 11.6 Å². The average molecular weight is 348 g/mol. The van der Waals surface area contributed by atoms with Crippen LogP contribution in [-0.4, -0.2) is 31.1 Å². The summed E-state index contributed by atoms with van der Waals surface area (Å²) in [5.41, 5.74) is 4.33. The highest BCUT2D eigenvalue weighted by atomic mass is 19.1. The molecule has 0 radical (unpaired) electrons. The number of benzene rings is 1. The smallest absolute Gasteiger partial charge is 0.257 e. The Bertz CT molecular complexity index is 1170. The van der Waals surface area contributed by atoms with E-state index >= 15 is 0 Å². The lowest BCUT2D eigenvalue weighted by Gasteiger charge is -2.31. The Kier molecular flexibility index (Phi) is 3.19. The van der Waals surface area contributed by atoms with Crippen molar-refractivity contribution in [2.45, 2.75) is 26.7 Å². The first-order chi connectivity index (χ1) is 12.6. The SMILES string of the molecule is Cc1cncc2c1CCCN2c1nc2nnc(C)n2c2ccc(F)cc12. The second kappa shape index (κ2) is 5.45. The molecule has 0 aliphatic carbocycles. The number of aromatic nitrogens is 5.